The number of pyridine rings is 1. The van der Waals surface area contributed by atoms with E-state index in [4.69, 9.17) is 0 Å². The molecule has 1 aliphatic carbocycles. The molecule has 0 atom stereocenters. The first-order valence-electron chi connectivity index (χ1n) is 7.76. The molecular weight excluding hydrogens is 497 g/mol. The molecule has 4 rings (SSSR count). The van der Waals surface area contributed by atoms with Crippen LogP contribution >= 0.6 is 38.5 Å². The summed E-state index contributed by atoms with van der Waals surface area (Å²) in [5, 5.41) is 11.3. The second-order valence-corrected chi connectivity index (χ2v) is 7.81. The van der Waals surface area contributed by atoms with Crippen molar-refractivity contribution in [3.8, 4) is 5.69 Å². The summed E-state index contributed by atoms with van der Waals surface area (Å²) in [5.74, 6) is 0.0789. The van der Waals surface area contributed by atoms with Crippen LogP contribution < -0.4 is 5.32 Å². The minimum absolute atomic E-state index is 0.246. The number of carbonyl (C=O) groups is 1. The lowest BCUT2D eigenvalue weighted by atomic mass is 10.2. The molecule has 1 aliphatic rings. The number of carbonyl (C=O) groups excluding carboxylic acids is 1. The van der Waals surface area contributed by atoms with Crippen molar-refractivity contribution in [1.29, 1.82) is 0 Å². The van der Waals surface area contributed by atoms with Gasteiger partial charge in [0.2, 0.25) is 0 Å². The van der Waals surface area contributed by atoms with Crippen LogP contribution in [0.15, 0.2) is 47.2 Å². The molecule has 0 unspecified atom stereocenters. The van der Waals surface area contributed by atoms with Gasteiger partial charge in [0.15, 0.2) is 5.69 Å². The van der Waals surface area contributed by atoms with Gasteiger partial charge in [-0.05, 0) is 81.7 Å². The number of nitrogens with zero attached hydrogens (tertiary/aromatic N) is 4. The Hall–Kier alpha value is -1.81. The Labute approximate surface area is 166 Å². The molecule has 0 aliphatic heterocycles. The zero-order valence-corrected chi connectivity index (χ0v) is 16.7. The van der Waals surface area contributed by atoms with Crippen LogP contribution in [0.5, 0.6) is 0 Å². The number of hydrogen-bond donors (Lipinski definition) is 1. The molecule has 0 radical (unpaired) electrons. The van der Waals surface area contributed by atoms with E-state index < -0.39 is 0 Å². The lowest BCUT2D eigenvalue weighted by Crippen LogP contribution is -2.15. The molecular formula is C17H13BrIN5O. The van der Waals surface area contributed by atoms with E-state index in [9.17, 15) is 4.79 Å². The van der Waals surface area contributed by atoms with Crippen molar-refractivity contribution in [3.05, 3.63) is 62.2 Å². The number of aromatic nitrogens is 4. The van der Waals surface area contributed by atoms with Crippen molar-refractivity contribution >= 4 is 50.1 Å². The summed E-state index contributed by atoms with van der Waals surface area (Å²) in [5.41, 5.74) is 2.84. The van der Waals surface area contributed by atoms with Crippen molar-refractivity contribution in [3.63, 3.8) is 0 Å². The molecule has 6 nitrogen and oxygen atoms in total. The number of hydrogen-bond acceptors (Lipinski definition) is 4. The third-order valence-electron chi connectivity index (χ3n) is 3.97. The number of amides is 1. The largest absolute Gasteiger partial charge is 0.320 e. The van der Waals surface area contributed by atoms with Crippen LogP contribution in [0.1, 0.15) is 34.9 Å². The highest BCUT2D eigenvalue weighted by Gasteiger charge is 2.34. The van der Waals surface area contributed by atoms with Gasteiger partial charge in [0.25, 0.3) is 5.91 Å². The van der Waals surface area contributed by atoms with Crippen LogP contribution in [0.3, 0.4) is 0 Å². The molecule has 1 N–H and O–H groups in total. The summed E-state index contributed by atoms with van der Waals surface area (Å²) in [4.78, 5) is 16.6. The minimum atomic E-state index is -0.246. The predicted molar refractivity (Wildman–Crippen MR) is 106 cm³/mol. The van der Waals surface area contributed by atoms with Gasteiger partial charge >= 0.3 is 0 Å². The fourth-order valence-corrected chi connectivity index (χ4v) is 3.31. The SMILES string of the molecule is O=C(Nc1ccncc1)c1nnn(-c2ccc(I)c(Br)c2)c1C1CC1. The fourth-order valence-electron chi connectivity index (χ4n) is 2.61. The lowest BCUT2D eigenvalue weighted by molar-refractivity contribution is 0.102. The molecule has 8 heteroatoms. The molecule has 3 aromatic rings. The van der Waals surface area contributed by atoms with Crippen LogP contribution in [-0.2, 0) is 0 Å². The molecule has 0 spiro atoms. The first kappa shape index (κ1) is 16.6. The number of benzene rings is 1. The van der Waals surface area contributed by atoms with Crippen molar-refractivity contribution < 1.29 is 4.79 Å². The van der Waals surface area contributed by atoms with Gasteiger partial charge in [-0.15, -0.1) is 5.10 Å². The molecule has 2 aromatic heterocycles. The standard InChI is InChI=1S/C17H13BrIN5O/c18-13-9-12(3-4-14(13)19)24-16(10-1-2-10)15(22-23-24)17(25)21-11-5-7-20-8-6-11/h3-10H,1-2H2,(H,20,21,25). The van der Waals surface area contributed by atoms with E-state index in [1.807, 2.05) is 18.2 Å². The lowest BCUT2D eigenvalue weighted by Gasteiger charge is -2.08. The molecule has 2 heterocycles. The van der Waals surface area contributed by atoms with E-state index in [0.717, 1.165) is 32.3 Å². The normalized spacial score (nSPS) is 13.7. The zero-order valence-electron chi connectivity index (χ0n) is 13.0. The summed E-state index contributed by atoms with van der Waals surface area (Å²) < 4.78 is 3.88. The van der Waals surface area contributed by atoms with Gasteiger partial charge in [0.05, 0.1) is 11.4 Å². The number of anilines is 1. The van der Waals surface area contributed by atoms with E-state index in [1.165, 1.54) is 0 Å². The van der Waals surface area contributed by atoms with Gasteiger partial charge in [0.1, 0.15) is 0 Å². The molecule has 1 saturated carbocycles. The Bertz CT molecular complexity index is 939. The first-order chi connectivity index (χ1) is 12.1. The van der Waals surface area contributed by atoms with Crippen LogP contribution in [0.25, 0.3) is 5.69 Å². The van der Waals surface area contributed by atoms with Gasteiger partial charge in [-0.1, -0.05) is 5.21 Å². The average Bonchev–Trinajstić information content (AvgIpc) is 3.36. The fraction of sp³-hybridized carbons (Fsp3) is 0.176. The molecule has 25 heavy (non-hydrogen) atoms. The highest BCUT2D eigenvalue weighted by molar-refractivity contribution is 14.1. The highest BCUT2D eigenvalue weighted by atomic mass is 127. The Morgan fingerprint density at radius 1 is 1.24 bits per heavy atom. The maximum atomic E-state index is 12.7. The number of halogens is 2. The summed E-state index contributed by atoms with van der Waals surface area (Å²) in [6.45, 7) is 0. The smallest absolute Gasteiger partial charge is 0.278 e. The second kappa shape index (κ2) is 6.83. The van der Waals surface area contributed by atoms with Crippen LogP contribution in [0.4, 0.5) is 5.69 Å². The van der Waals surface area contributed by atoms with Crippen LogP contribution in [-0.4, -0.2) is 25.9 Å². The van der Waals surface area contributed by atoms with Crippen molar-refractivity contribution in [1.82, 2.24) is 20.0 Å². The topological polar surface area (TPSA) is 72.7 Å². The van der Waals surface area contributed by atoms with Gasteiger partial charge in [0, 0.05) is 32.0 Å². The van der Waals surface area contributed by atoms with E-state index >= 15 is 0 Å². The van der Waals surface area contributed by atoms with Crippen molar-refractivity contribution in [2.24, 2.45) is 0 Å². The van der Waals surface area contributed by atoms with Crippen LogP contribution in [0.2, 0.25) is 0 Å². The summed E-state index contributed by atoms with van der Waals surface area (Å²) >= 11 is 5.81. The predicted octanol–water partition coefficient (Wildman–Crippen LogP) is 4.16. The number of rotatable bonds is 4. The quantitative estimate of drug-likeness (QED) is 0.536. The van der Waals surface area contributed by atoms with Crippen molar-refractivity contribution in [2.75, 3.05) is 5.32 Å². The molecule has 1 fully saturated rings. The molecule has 0 saturated heterocycles. The van der Waals surface area contributed by atoms with Gasteiger partial charge < -0.3 is 5.32 Å². The highest BCUT2D eigenvalue weighted by Crippen LogP contribution is 2.42. The summed E-state index contributed by atoms with van der Waals surface area (Å²) in [6.07, 6.45) is 5.37. The Morgan fingerprint density at radius 3 is 2.68 bits per heavy atom. The minimum Gasteiger partial charge on any atom is -0.320 e. The Balaban J connectivity index is 1.71. The number of nitrogens with one attached hydrogen (secondary N) is 1. The van der Waals surface area contributed by atoms with E-state index in [0.29, 0.717) is 17.3 Å². The van der Waals surface area contributed by atoms with Gasteiger partial charge in [-0.25, -0.2) is 4.68 Å². The molecule has 126 valence electrons. The van der Waals surface area contributed by atoms with E-state index in [-0.39, 0.29) is 5.91 Å². The van der Waals surface area contributed by atoms with Crippen molar-refractivity contribution in [2.45, 2.75) is 18.8 Å². The zero-order chi connectivity index (χ0) is 17.4. The maximum absolute atomic E-state index is 12.7. The first-order valence-corrected chi connectivity index (χ1v) is 9.63. The summed E-state index contributed by atoms with van der Waals surface area (Å²) in [7, 11) is 0. The third-order valence-corrected chi connectivity index (χ3v) is 6.31. The monoisotopic (exact) mass is 509 g/mol. The maximum Gasteiger partial charge on any atom is 0.278 e. The molecule has 1 aromatic carbocycles. The van der Waals surface area contributed by atoms with Gasteiger partial charge in [-0.2, -0.15) is 0 Å². The van der Waals surface area contributed by atoms with Crippen LogP contribution in [0, 0.1) is 3.57 Å². The average molecular weight is 510 g/mol. The third kappa shape index (κ3) is 3.45. The summed E-state index contributed by atoms with van der Waals surface area (Å²) in [6, 6.07) is 9.48. The molecule has 1 amide bonds. The van der Waals surface area contributed by atoms with E-state index in [2.05, 4.69) is 59.1 Å². The Kier molecular flexibility index (Phi) is 4.55. The Morgan fingerprint density at radius 2 is 2.00 bits per heavy atom. The van der Waals surface area contributed by atoms with E-state index in [1.54, 1.807) is 29.2 Å². The second-order valence-electron chi connectivity index (χ2n) is 5.80. The van der Waals surface area contributed by atoms with Gasteiger partial charge in [-0.3, -0.25) is 9.78 Å². The molecule has 0 bridgehead atoms.